The van der Waals surface area contributed by atoms with Gasteiger partial charge in [-0.3, -0.25) is 14.4 Å². The van der Waals surface area contributed by atoms with Crippen LogP contribution in [-0.2, 0) is 28.6 Å². The van der Waals surface area contributed by atoms with Crippen LogP contribution in [0.1, 0.15) is 349 Å². The number of hydrogen-bond acceptors (Lipinski definition) is 6. The van der Waals surface area contributed by atoms with Crippen LogP contribution in [0.5, 0.6) is 0 Å². The van der Waals surface area contributed by atoms with Crippen LogP contribution in [0.4, 0.5) is 0 Å². The summed E-state index contributed by atoms with van der Waals surface area (Å²) in [5.41, 5.74) is 0. The lowest BCUT2D eigenvalue weighted by atomic mass is 10.0. The first-order valence-corrected chi connectivity index (χ1v) is 30.4. The number of carbonyl (C=O) groups is 3. The highest BCUT2D eigenvalue weighted by Gasteiger charge is 2.19. The van der Waals surface area contributed by atoms with E-state index in [1.165, 1.54) is 244 Å². The maximum Gasteiger partial charge on any atom is 0.306 e. The van der Waals surface area contributed by atoms with Crippen molar-refractivity contribution in [2.45, 2.75) is 355 Å². The summed E-state index contributed by atoms with van der Waals surface area (Å²) in [5, 5.41) is 0. The van der Waals surface area contributed by atoms with Crippen molar-refractivity contribution < 1.29 is 28.6 Å². The van der Waals surface area contributed by atoms with Crippen LogP contribution in [-0.4, -0.2) is 37.2 Å². The van der Waals surface area contributed by atoms with Gasteiger partial charge in [-0.25, -0.2) is 0 Å². The van der Waals surface area contributed by atoms with E-state index in [1.807, 2.05) is 0 Å². The molecule has 0 N–H and O–H groups in total. The molecule has 6 heteroatoms. The highest BCUT2D eigenvalue weighted by atomic mass is 16.6. The Balaban J connectivity index is 4.28. The van der Waals surface area contributed by atoms with Crippen LogP contribution in [0.25, 0.3) is 0 Å². The minimum absolute atomic E-state index is 0.0615. The fraction of sp³-hybridized carbons (Fsp3) is 0.951. The molecule has 0 amide bonds. The van der Waals surface area contributed by atoms with Crippen molar-refractivity contribution in [2.75, 3.05) is 13.2 Å². The summed E-state index contributed by atoms with van der Waals surface area (Å²) in [7, 11) is 0. The van der Waals surface area contributed by atoms with Gasteiger partial charge in [-0.15, -0.1) is 0 Å². The van der Waals surface area contributed by atoms with Gasteiger partial charge in [0.15, 0.2) is 6.10 Å². The van der Waals surface area contributed by atoms with Crippen molar-refractivity contribution in [1.29, 1.82) is 0 Å². The lowest BCUT2D eigenvalue weighted by Gasteiger charge is -2.18. The molecule has 67 heavy (non-hydrogen) atoms. The number of hydrogen-bond donors (Lipinski definition) is 0. The lowest BCUT2D eigenvalue weighted by Crippen LogP contribution is -2.30. The van der Waals surface area contributed by atoms with Crippen molar-refractivity contribution >= 4 is 17.9 Å². The Bertz CT molecular complexity index is 1010. The molecule has 0 spiro atoms. The zero-order valence-corrected chi connectivity index (χ0v) is 45.9. The van der Waals surface area contributed by atoms with Gasteiger partial charge >= 0.3 is 17.9 Å². The first kappa shape index (κ1) is 65.4. The van der Waals surface area contributed by atoms with E-state index < -0.39 is 6.10 Å². The van der Waals surface area contributed by atoms with Gasteiger partial charge in [0, 0.05) is 19.3 Å². The van der Waals surface area contributed by atoms with Crippen molar-refractivity contribution in [3.8, 4) is 0 Å². The van der Waals surface area contributed by atoms with Crippen LogP contribution >= 0.6 is 0 Å². The molecule has 6 nitrogen and oxygen atoms in total. The minimum atomic E-state index is -0.762. The second kappa shape index (κ2) is 55.3. The molecule has 0 radical (unpaired) electrons. The van der Waals surface area contributed by atoms with Crippen LogP contribution in [0.15, 0.2) is 0 Å². The molecule has 0 unspecified atom stereocenters. The summed E-state index contributed by atoms with van der Waals surface area (Å²) in [5.74, 6) is 0.00849. The van der Waals surface area contributed by atoms with Gasteiger partial charge in [0.05, 0.1) is 0 Å². The Morgan fingerprint density at radius 2 is 0.493 bits per heavy atom. The maximum atomic E-state index is 12.9. The summed E-state index contributed by atoms with van der Waals surface area (Å²) in [6.45, 7) is 9.08. The normalized spacial score (nSPS) is 12.0. The maximum absolute atomic E-state index is 12.9. The Morgan fingerprint density at radius 1 is 0.284 bits per heavy atom. The van der Waals surface area contributed by atoms with E-state index in [0.29, 0.717) is 19.3 Å². The molecule has 0 aromatic carbocycles. The molecule has 0 heterocycles. The topological polar surface area (TPSA) is 78.9 Å². The third-order valence-corrected chi connectivity index (χ3v) is 14.0. The zero-order chi connectivity index (χ0) is 48.8. The smallest absolute Gasteiger partial charge is 0.306 e. The zero-order valence-electron chi connectivity index (χ0n) is 45.9. The largest absolute Gasteiger partial charge is 0.462 e. The number of carbonyl (C=O) groups excluding carboxylic acids is 3. The second-order valence-corrected chi connectivity index (χ2v) is 21.5. The molecule has 0 rings (SSSR count). The Kier molecular flexibility index (Phi) is 54.0. The second-order valence-electron chi connectivity index (χ2n) is 21.5. The van der Waals surface area contributed by atoms with Crippen LogP contribution < -0.4 is 0 Å². The predicted octanol–water partition coefficient (Wildman–Crippen LogP) is 20.2. The quantitative estimate of drug-likeness (QED) is 0.0343. The Morgan fingerprint density at radius 3 is 0.731 bits per heavy atom. The molecule has 0 aromatic rings. The molecular weight excluding hydrogens is 829 g/mol. The van der Waals surface area contributed by atoms with Gasteiger partial charge in [-0.05, 0) is 25.2 Å². The number of unbranched alkanes of at least 4 members (excludes halogenated alkanes) is 43. The fourth-order valence-electron chi connectivity index (χ4n) is 9.46. The summed E-state index contributed by atoms with van der Waals surface area (Å²) >= 11 is 0. The highest BCUT2D eigenvalue weighted by molar-refractivity contribution is 5.71. The standard InChI is InChI=1S/C61H118O6/c1-5-7-9-11-13-15-17-19-21-22-23-25-28-32-36-40-44-48-52-59(62)65-55-58(67-61(64)54-50-46-42-38-34-29-24-20-18-16-14-12-10-8-6-2)56-66-60(63)53-49-45-41-37-33-30-26-27-31-35-39-43-47-51-57(3)4/h57-58H,5-56H2,1-4H3/t58-/m0/s1. The minimum Gasteiger partial charge on any atom is -0.462 e. The van der Waals surface area contributed by atoms with E-state index in [4.69, 9.17) is 14.2 Å². The molecule has 0 bridgehead atoms. The number of rotatable bonds is 56. The molecule has 398 valence electrons. The molecule has 0 saturated heterocycles. The lowest BCUT2D eigenvalue weighted by molar-refractivity contribution is -0.167. The average molecular weight is 948 g/mol. The van der Waals surface area contributed by atoms with E-state index in [2.05, 4.69) is 27.7 Å². The molecule has 0 fully saturated rings. The third-order valence-electron chi connectivity index (χ3n) is 14.0. The van der Waals surface area contributed by atoms with Crippen LogP contribution in [0.2, 0.25) is 0 Å². The Hall–Kier alpha value is -1.59. The van der Waals surface area contributed by atoms with Gasteiger partial charge in [0.25, 0.3) is 0 Å². The number of ether oxygens (including phenoxy) is 3. The summed E-state index contributed by atoms with van der Waals surface area (Å²) in [6, 6.07) is 0. The SMILES string of the molecule is CCCCCCCCCCCCCCCCCCCCC(=O)OC[C@@H](COC(=O)CCCCCCCCCCCCCCCC(C)C)OC(=O)CCCCCCCCCCCCCCCCC. The summed E-state index contributed by atoms with van der Waals surface area (Å²) in [6.07, 6.45) is 60.9. The average Bonchev–Trinajstić information content (AvgIpc) is 3.31. The fourth-order valence-corrected chi connectivity index (χ4v) is 9.46. The molecule has 0 aliphatic rings. The summed E-state index contributed by atoms with van der Waals surface area (Å²) in [4.78, 5) is 38.2. The molecular formula is C61H118O6. The molecule has 0 aliphatic heterocycles. The Labute approximate surface area is 418 Å². The highest BCUT2D eigenvalue weighted by Crippen LogP contribution is 2.18. The van der Waals surface area contributed by atoms with Gasteiger partial charge < -0.3 is 14.2 Å². The van der Waals surface area contributed by atoms with E-state index >= 15 is 0 Å². The van der Waals surface area contributed by atoms with E-state index in [-0.39, 0.29) is 31.1 Å². The third kappa shape index (κ3) is 55.2. The first-order valence-electron chi connectivity index (χ1n) is 30.4. The van der Waals surface area contributed by atoms with Gasteiger partial charge in [0.2, 0.25) is 0 Å². The van der Waals surface area contributed by atoms with Gasteiger partial charge in [0.1, 0.15) is 13.2 Å². The van der Waals surface area contributed by atoms with E-state index in [0.717, 1.165) is 63.7 Å². The van der Waals surface area contributed by atoms with Crippen molar-refractivity contribution in [2.24, 2.45) is 5.92 Å². The monoisotopic (exact) mass is 947 g/mol. The number of esters is 3. The van der Waals surface area contributed by atoms with E-state index in [9.17, 15) is 14.4 Å². The van der Waals surface area contributed by atoms with Crippen molar-refractivity contribution in [3.05, 3.63) is 0 Å². The van der Waals surface area contributed by atoms with Gasteiger partial charge in [-0.2, -0.15) is 0 Å². The molecule has 1 atom stereocenters. The van der Waals surface area contributed by atoms with E-state index in [1.54, 1.807) is 0 Å². The van der Waals surface area contributed by atoms with Crippen molar-refractivity contribution in [3.63, 3.8) is 0 Å². The molecule has 0 aromatic heterocycles. The summed E-state index contributed by atoms with van der Waals surface area (Å²) < 4.78 is 16.9. The molecule has 0 aliphatic carbocycles. The van der Waals surface area contributed by atoms with Crippen molar-refractivity contribution in [1.82, 2.24) is 0 Å². The molecule has 0 saturated carbocycles. The van der Waals surface area contributed by atoms with Crippen LogP contribution in [0.3, 0.4) is 0 Å². The van der Waals surface area contributed by atoms with Gasteiger partial charge in [-0.1, -0.05) is 310 Å². The first-order chi connectivity index (χ1) is 32.9. The predicted molar refractivity (Wildman–Crippen MR) is 289 cm³/mol. The van der Waals surface area contributed by atoms with Crippen LogP contribution in [0, 0.1) is 5.92 Å².